The molecule has 2 N–H and O–H groups in total. The number of nitrogens with two attached hydrogens (primary N) is 1. The number of furan rings is 1. The number of rotatable bonds is 6. The van der Waals surface area contributed by atoms with Crippen molar-refractivity contribution in [2.75, 3.05) is 19.3 Å². The largest absolute Gasteiger partial charge is 0.464 e. The summed E-state index contributed by atoms with van der Waals surface area (Å²) in [5.41, 5.74) is 4.44. The molecule has 0 bridgehead atoms. The number of likely N-dealkylation sites (N-methyl/N-ethyl adjacent to an activating group) is 1. The van der Waals surface area contributed by atoms with Gasteiger partial charge in [-0.2, -0.15) is 0 Å². The molecule has 2 aromatic rings. The van der Waals surface area contributed by atoms with Gasteiger partial charge >= 0.3 is 5.69 Å². The van der Waals surface area contributed by atoms with Gasteiger partial charge in [-0.15, -0.1) is 0 Å². The first-order valence-electron chi connectivity index (χ1n) is 8.56. The Hall–Kier alpha value is -2.61. The highest BCUT2D eigenvalue weighted by Crippen LogP contribution is 2.47. The first kappa shape index (κ1) is 18.2. The molecule has 1 aliphatic carbocycles. The lowest BCUT2D eigenvalue weighted by atomic mass is 10.2. The van der Waals surface area contributed by atoms with E-state index in [1.165, 1.54) is 14.1 Å². The number of aromatic nitrogens is 2. The predicted molar refractivity (Wildman–Crippen MR) is 97.2 cm³/mol. The average Bonchev–Trinajstić information content (AvgIpc) is 3.13. The molecule has 0 aliphatic heterocycles. The van der Waals surface area contributed by atoms with Crippen molar-refractivity contribution < 1.29 is 9.21 Å². The molecule has 0 radical (unpaired) electrons. The Balaban J connectivity index is 1.73. The number of nitrogen functional groups attached to an aromatic ring is 1. The van der Waals surface area contributed by atoms with Crippen LogP contribution in [0.5, 0.6) is 0 Å². The van der Waals surface area contributed by atoms with E-state index >= 15 is 0 Å². The van der Waals surface area contributed by atoms with E-state index in [2.05, 4.69) is 6.92 Å². The fourth-order valence-electron chi connectivity index (χ4n) is 3.17. The van der Waals surface area contributed by atoms with Crippen LogP contribution in [0.25, 0.3) is 0 Å². The van der Waals surface area contributed by atoms with Gasteiger partial charge in [0.1, 0.15) is 22.9 Å². The lowest BCUT2D eigenvalue weighted by Crippen LogP contribution is -2.43. The van der Waals surface area contributed by atoms with Crippen molar-refractivity contribution in [3.63, 3.8) is 0 Å². The van der Waals surface area contributed by atoms with Crippen LogP contribution in [0.4, 0.5) is 5.82 Å². The monoisotopic (exact) mass is 360 g/mol. The molecule has 8 nitrogen and oxygen atoms in total. The number of carbonyl (C=O) groups is 1. The second-order valence-electron chi connectivity index (χ2n) is 7.19. The van der Waals surface area contributed by atoms with E-state index < -0.39 is 17.0 Å². The molecule has 0 amide bonds. The van der Waals surface area contributed by atoms with Gasteiger partial charge in [-0.05, 0) is 31.5 Å². The SMILES string of the molecule is C[C@@H]1C[C@H]1c1ccc(CN(C)CC(=O)c2c(N)n(C)c(=O)n(C)c2=O)o1. The number of ketones is 1. The average molecular weight is 360 g/mol. The second-order valence-corrected chi connectivity index (χ2v) is 7.19. The van der Waals surface area contributed by atoms with E-state index in [0.717, 1.165) is 27.1 Å². The van der Waals surface area contributed by atoms with E-state index in [4.69, 9.17) is 10.2 Å². The Morgan fingerprint density at radius 2 is 1.96 bits per heavy atom. The van der Waals surface area contributed by atoms with Crippen LogP contribution in [0.15, 0.2) is 26.1 Å². The van der Waals surface area contributed by atoms with Crippen molar-refractivity contribution >= 4 is 11.6 Å². The maximum atomic E-state index is 12.6. The van der Waals surface area contributed by atoms with E-state index in [-0.39, 0.29) is 17.9 Å². The molecule has 1 aliphatic rings. The molecule has 1 saturated carbocycles. The van der Waals surface area contributed by atoms with Crippen LogP contribution in [0.3, 0.4) is 0 Å². The Labute approximate surface area is 150 Å². The highest BCUT2D eigenvalue weighted by molar-refractivity contribution is 6.01. The fourth-order valence-corrected chi connectivity index (χ4v) is 3.17. The van der Waals surface area contributed by atoms with Gasteiger partial charge in [-0.3, -0.25) is 23.6 Å². The summed E-state index contributed by atoms with van der Waals surface area (Å²) >= 11 is 0. The molecule has 2 aromatic heterocycles. The zero-order valence-corrected chi connectivity index (χ0v) is 15.5. The van der Waals surface area contributed by atoms with Crippen molar-refractivity contribution in [1.29, 1.82) is 0 Å². The molecule has 0 saturated heterocycles. The number of Topliss-reactive ketones (excluding diaryl/α,β-unsaturated/α-hetero) is 1. The minimum absolute atomic E-state index is 0.00644. The topological polar surface area (TPSA) is 103 Å². The molecule has 0 unspecified atom stereocenters. The first-order valence-corrected chi connectivity index (χ1v) is 8.56. The quantitative estimate of drug-likeness (QED) is 0.761. The van der Waals surface area contributed by atoms with Gasteiger partial charge in [0.05, 0.1) is 13.1 Å². The molecule has 140 valence electrons. The van der Waals surface area contributed by atoms with E-state index in [0.29, 0.717) is 18.4 Å². The third-order valence-electron chi connectivity index (χ3n) is 4.99. The summed E-state index contributed by atoms with van der Waals surface area (Å²) in [6.07, 6.45) is 1.15. The van der Waals surface area contributed by atoms with Crippen molar-refractivity contribution in [2.45, 2.75) is 25.8 Å². The maximum Gasteiger partial charge on any atom is 0.332 e. The summed E-state index contributed by atoms with van der Waals surface area (Å²) in [6, 6.07) is 3.90. The van der Waals surface area contributed by atoms with E-state index in [1.807, 2.05) is 12.1 Å². The zero-order valence-electron chi connectivity index (χ0n) is 15.5. The first-order chi connectivity index (χ1) is 12.2. The minimum Gasteiger partial charge on any atom is -0.464 e. The van der Waals surface area contributed by atoms with Crippen LogP contribution >= 0.6 is 0 Å². The minimum atomic E-state index is -0.674. The Morgan fingerprint density at radius 1 is 1.31 bits per heavy atom. The van der Waals surface area contributed by atoms with Gasteiger partial charge < -0.3 is 10.2 Å². The van der Waals surface area contributed by atoms with Crippen LogP contribution in [-0.2, 0) is 20.6 Å². The molecular formula is C18H24N4O4. The summed E-state index contributed by atoms with van der Waals surface area (Å²) < 4.78 is 7.84. The number of nitrogens with zero attached hydrogens (tertiary/aromatic N) is 3. The molecule has 3 rings (SSSR count). The van der Waals surface area contributed by atoms with Gasteiger partial charge in [-0.1, -0.05) is 6.92 Å². The summed E-state index contributed by atoms with van der Waals surface area (Å²) in [6.45, 7) is 2.63. The summed E-state index contributed by atoms with van der Waals surface area (Å²) in [4.78, 5) is 38.5. The summed E-state index contributed by atoms with van der Waals surface area (Å²) in [5, 5.41) is 0. The zero-order chi connectivity index (χ0) is 19.2. The van der Waals surface area contributed by atoms with Gasteiger partial charge in [0.15, 0.2) is 5.78 Å². The standard InChI is InChI=1S/C18H24N4O4/c1-10-7-12(10)14-6-5-11(26-14)8-20(2)9-13(23)15-16(19)21(3)18(25)22(4)17(15)24/h5-6,10,12H,7-9,19H2,1-4H3/t10-,12-/m1/s1. The normalized spacial score (nSPS) is 19.1. The third-order valence-corrected chi connectivity index (χ3v) is 4.99. The molecule has 8 heteroatoms. The van der Waals surface area contributed by atoms with Crippen LogP contribution < -0.4 is 17.0 Å². The van der Waals surface area contributed by atoms with Crippen LogP contribution in [0.1, 0.15) is 41.1 Å². The van der Waals surface area contributed by atoms with Crippen LogP contribution in [-0.4, -0.2) is 33.4 Å². The Morgan fingerprint density at radius 3 is 2.58 bits per heavy atom. The maximum absolute atomic E-state index is 12.6. The Kier molecular flexibility index (Phi) is 4.62. The number of carbonyl (C=O) groups excluding carboxylic acids is 1. The fraction of sp³-hybridized carbons (Fsp3) is 0.500. The lowest BCUT2D eigenvalue weighted by Gasteiger charge is -2.16. The molecule has 0 aromatic carbocycles. The van der Waals surface area contributed by atoms with Gasteiger partial charge in [-0.25, -0.2) is 4.79 Å². The molecule has 2 atom stereocenters. The highest BCUT2D eigenvalue weighted by Gasteiger charge is 2.36. The third kappa shape index (κ3) is 3.24. The predicted octanol–water partition coefficient (Wildman–Crippen LogP) is 0.697. The number of hydrogen-bond acceptors (Lipinski definition) is 6. The van der Waals surface area contributed by atoms with Crippen molar-refractivity contribution in [3.05, 3.63) is 50.1 Å². The van der Waals surface area contributed by atoms with Crippen LogP contribution in [0.2, 0.25) is 0 Å². The summed E-state index contributed by atoms with van der Waals surface area (Å²) in [5.74, 6) is 2.39. The molecular weight excluding hydrogens is 336 g/mol. The van der Waals surface area contributed by atoms with Crippen LogP contribution in [0, 0.1) is 5.92 Å². The van der Waals surface area contributed by atoms with E-state index in [1.54, 1.807) is 11.9 Å². The van der Waals surface area contributed by atoms with Crippen molar-refractivity contribution in [1.82, 2.24) is 14.0 Å². The molecule has 26 heavy (non-hydrogen) atoms. The second kappa shape index (κ2) is 6.60. The summed E-state index contributed by atoms with van der Waals surface area (Å²) in [7, 11) is 4.52. The van der Waals surface area contributed by atoms with Crippen molar-refractivity contribution in [2.24, 2.45) is 20.0 Å². The number of anilines is 1. The lowest BCUT2D eigenvalue weighted by molar-refractivity contribution is 0.0937. The van der Waals surface area contributed by atoms with Gasteiger partial charge in [0.25, 0.3) is 5.56 Å². The van der Waals surface area contributed by atoms with Crippen molar-refractivity contribution in [3.8, 4) is 0 Å². The van der Waals surface area contributed by atoms with Gasteiger partial charge in [0.2, 0.25) is 0 Å². The molecule has 1 fully saturated rings. The van der Waals surface area contributed by atoms with Gasteiger partial charge in [0, 0.05) is 20.0 Å². The molecule has 0 spiro atoms. The molecule has 2 heterocycles. The smallest absolute Gasteiger partial charge is 0.332 e. The Bertz CT molecular complexity index is 969. The highest BCUT2D eigenvalue weighted by atomic mass is 16.3. The number of hydrogen-bond donors (Lipinski definition) is 1. The van der Waals surface area contributed by atoms with E-state index in [9.17, 15) is 14.4 Å².